The van der Waals surface area contributed by atoms with Gasteiger partial charge in [-0.1, -0.05) is 13.8 Å². The standard InChI is InChI=1S/C9H16N2O2/c1-4-11-7(6(2)3)5-10-8(12)9(11)13/h6-7H,4-5H2,1-3H3,(H,10,12)/t7-/m1/s1. The predicted molar refractivity (Wildman–Crippen MR) is 49.0 cm³/mol. The Hall–Kier alpha value is -1.06. The number of rotatable bonds is 2. The van der Waals surface area contributed by atoms with Crippen LogP contribution in [-0.4, -0.2) is 35.8 Å². The van der Waals surface area contributed by atoms with Gasteiger partial charge in [-0.3, -0.25) is 9.59 Å². The number of piperazine rings is 1. The molecule has 0 aromatic rings. The molecule has 1 aliphatic rings. The van der Waals surface area contributed by atoms with Crippen LogP contribution in [0.1, 0.15) is 20.8 Å². The van der Waals surface area contributed by atoms with Crippen molar-refractivity contribution < 1.29 is 9.59 Å². The molecule has 2 amide bonds. The molecule has 1 heterocycles. The van der Waals surface area contributed by atoms with Gasteiger partial charge in [0.1, 0.15) is 0 Å². The molecule has 0 aromatic carbocycles. The number of carbonyl (C=O) groups excluding carboxylic acids is 2. The summed E-state index contributed by atoms with van der Waals surface area (Å²) >= 11 is 0. The highest BCUT2D eigenvalue weighted by atomic mass is 16.2. The van der Waals surface area contributed by atoms with Crippen LogP contribution in [0, 0.1) is 5.92 Å². The third-order valence-corrected chi connectivity index (χ3v) is 2.44. The molecule has 1 fully saturated rings. The van der Waals surface area contributed by atoms with Gasteiger partial charge in [-0.25, -0.2) is 0 Å². The Bertz CT molecular complexity index is 226. The van der Waals surface area contributed by atoms with Crippen molar-refractivity contribution in [2.45, 2.75) is 26.8 Å². The summed E-state index contributed by atoms with van der Waals surface area (Å²) in [6, 6.07) is 0.148. The van der Waals surface area contributed by atoms with Crippen molar-refractivity contribution in [3.05, 3.63) is 0 Å². The molecule has 0 unspecified atom stereocenters. The van der Waals surface area contributed by atoms with E-state index in [1.807, 2.05) is 6.92 Å². The molecule has 13 heavy (non-hydrogen) atoms. The Morgan fingerprint density at radius 1 is 1.54 bits per heavy atom. The van der Waals surface area contributed by atoms with Crippen molar-refractivity contribution in [3.8, 4) is 0 Å². The maximum atomic E-state index is 11.4. The molecule has 0 radical (unpaired) electrons. The molecule has 1 rings (SSSR count). The molecule has 0 spiro atoms. The van der Waals surface area contributed by atoms with E-state index < -0.39 is 11.8 Å². The maximum absolute atomic E-state index is 11.4. The van der Waals surface area contributed by atoms with Crippen LogP contribution < -0.4 is 5.32 Å². The van der Waals surface area contributed by atoms with Crippen molar-refractivity contribution in [3.63, 3.8) is 0 Å². The van der Waals surface area contributed by atoms with Gasteiger partial charge in [0.05, 0.1) is 6.04 Å². The van der Waals surface area contributed by atoms with Crippen LogP contribution in [0.15, 0.2) is 0 Å². The van der Waals surface area contributed by atoms with Gasteiger partial charge in [-0.05, 0) is 12.8 Å². The fourth-order valence-electron chi connectivity index (χ4n) is 1.64. The Balaban J connectivity index is 2.77. The topological polar surface area (TPSA) is 49.4 Å². The molecular formula is C9H16N2O2. The minimum Gasteiger partial charge on any atom is -0.346 e. The van der Waals surface area contributed by atoms with Crippen molar-refractivity contribution in [2.24, 2.45) is 5.92 Å². The molecule has 0 aromatic heterocycles. The van der Waals surface area contributed by atoms with Gasteiger partial charge >= 0.3 is 11.8 Å². The van der Waals surface area contributed by atoms with E-state index in [0.29, 0.717) is 19.0 Å². The summed E-state index contributed by atoms with van der Waals surface area (Å²) in [7, 11) is 0. The number of hydrogen-bond acceptors (Lipinski definition) is 2. The van der Waals surface area contributed by atoms with E-state index in [2.05, 4.69) is 19.2 Å². The number of likely N-dealkylation sites (N-methyl/N-ethyl adjacent to an activating group) is 1. The van der Waals surface area contributed by atoms with Crippen molar-refractivity contribution >= 4 is 11.8 Å². The lowest BCUT2D eigenvalue weighted by molar-refractivity contribution is -0.151. The lowest BCUT2D eigenvalue weighted by Gasteiger charge is -2.36. The third kappa shape index (κ3) is 1.82. The predicted octanol–water partition coefficient (Wildman–Crippen LogP) is -0.0107. The van der Waals surface area contributed by atoms with Gasteiger partial charge in [0.25, 0.3) is 0 Å². The van der Waals surface area contributed by atoms with Gasteiger partial charge in [0.2, 0.25) is 0 Å². The first-order valence-corrected chi connectivity index (χ1v) is 4.66. The second-order valence-electron chi connectivity index (χ2n) is 3.61. The van der Waals surface area contributed by atoms with E-state index >= 15 is 0 Å². The monoisotopic (exact) mass is 184 g/mol. The number of amides is 2. The average Bonchev–Trinajstić information content (AvgIpc) is 2.09. The minimum absolute atomic E-state index is 0.148. The Labute approximate surface area is 78.3 Å². The van der Waals surface area contributed by atoms with E-state index in [4.69, 9.17) is 0 Å². The fourth-order valence-corrected chi connectivity index (χ4v) is 1.64. The Morgan fingerprint density at radius 3 is 2.62 bits per heavy atom. The van der Waals surface area contributed by atoms with Gasteiger partial charge < -0.3 is 10.2 Å². The largest absolute Gasteiger partial charge is 0.346 e. The SMILES string of the molecule is CCN1C(=O)C(=O)NC[C@@H]1C(C)C. The molecule has 0 saturated carbocycles. The molecule has 4 nitrogen and oxygen atoms in total. The van der Waals surface area contributed by atoms with Crippen molar-refractivity contribution in [1.82, 2.24) is 10.2 Å². The van der Waals surface area contributed by atoms with E-state index in [9.17, 15) is 9.59 Å². The van der Waals surface area contributed by atoms with E-state index in [-0.39, 0.29) is 6.04 Å². The highest BCUT2D eigenvalue weighted by Crippen LogP contribution is 2.13. The van der Waals surface area contributed by atoms with Gasteiger partial charge in [0, 0.05) is 13.1 Å². The summed E-state index contributed by atoms with van der Waals surface area (Å²) < 4.78 is 0. The number of nitrogens with one attached hydrogen (secondary N) is 1. The first-order chi connectivity index (χ1) is 6.07. The summed E-state index contributed by atoms with van der Waals surface area (Å²) in [6.45, 7) is 7.19. The second-order valence-corrected chi connectivity index (χ2v) is 3.61. The minimum atomic E-state index is -0.473. The van der Waals surface area contributed by atoms with Gasteiger partial charge in [-0.2, -0.15) is 0 Å². The first-order valence-electron chi connectivity index (χ1n) is 4.66. The zero-order valence-corrected chi connectivity index (χ0v) is 8.33. The van der Waals surface area contributed by atoms with Crippen LogP contribution in [0.3, 0.4) is 0 Å². The highest BCUT2D eigenvalue weighted by molar-refractivity contribution is 6.35. The Kier molecular flexibility index (Phi) is 2.90. The zero-order valence-electron chi connectivity index (χ0n) is 8.33. The summed E-state index contributed by atoms with van der Waals surface area (Å²) in [6.07, 6.45) is 0. The highest BCUT2D eigenvalue weighted by Gasteiger charge is 2.33. The number of hydrogen-bond donors (Lipinski definition) is 1. The Morgan fingerprint density at radius 2 is 2.15 bits per heavy atom. The molecule has 1 atom stereocenters. The molecule has 4 heteroatoms. The van der Waals surface area contributed by atoms with Crippen LogP contribution in [0.25, 0.3) is 0 Å². The number of carbonyl (C=O) groups is 2. The number of nitrogens with zero attached hydrogens (tertiary/aromatic N) is 1. The second kappa shape index (κ2) is 3.77. The lowest BCUT2D eigenvalue weighted by atomic mass is 10.0. The smallest absolute Gasteiger partial charge is 0.312 e. The van der Waals surface area contributed by atoms with E-state index in [1.165, 1.54) is 0 Å². The quantitative estimate of drug-likeness (QED) is 0.614. The molecule has 74 valence electrons. The van der Waals surface area contributed by atoms with Crippen molar-refractivity contribution in [2.75, 3.05) is 13.1 Å². The fraction of sp³-hybridized carbons (Fsp3) is 0.778. The van der Waals surface area contributed by atoms with Gasteiger partial charge in [-0.15, -0.1) is 0 Å². The summed E-state index contributed by atoms with van der Waals surface area (Å²) in [5.74, 6) is -0.490. The van der Waals surface area contributed by atoms with Crippen LogP contribution in [0.2, 0.25) is 0 Å². The van der Waals surface area contributed by atoms with E-state index in [1.54, 1.807) is 4.90 Å². The van der Waals surface area contributed by atoms with E-state index in [0.717, 1.165) is 0 Å². The van der Waals surface area contributed by atoms with Crippen LogP contribution >= 0.6 is 0 Å². The normalized spacial score (nSPS) is 23.7. The average molecular weight is 184 g/mol. The van der Waals surface area contributed by atoms with Crippen LogP contribution in [0.5, 0.6) is 0 Å². The third-order valence-electron chi connectivity index (χ3n) is 2.44. The molecule has 1 N–H and O–H groups in total. The lowest BCUT2D eigenvalue weighted by Crippen LogP contribution is -2.59. The summed E-state index contributed by atoms with van der Waals surface area (Å²) in [4.78, 5) is 24.1. The maximum Gasteiger partial charge on any atom is 0.312 e. The van der Waals surface area contributed by atoms with Crippen molar-refractivity contribution in [1.29, 1.82) is 0 Å². The molecule has 1 aliphatic heterocycles. The summed E-state index contributed by atoms with van der Waals surface area (Å²) in [5.41, 5.74) is 0. The summed E-state index contributed by atoms with van der Waals surface area (Å²) in [5, 5.41) is 2.60. The molecule has 1 saturated heterocycles. The first kappa shape index (κ1) is 10.0. The van der Waals surface area contributed by atoms with Gasteiger partial charge in [0.15, 0.2) is 0 Å². The molecule has 0 bridgehead atoms. The zero-order chi connectivity index (χ0) is 10.0. The molecular weight excluding hydrogens is 168 g/mol. The van der Waals surface area contributed by atoms with Crippen LogP contribution in [0.4, 0.5) is 0 Å². The molecule has 0 aliphatic carbocycles. The van der Waals surface area contributed by atoms with Crippen LogP contribution in [-0.2, 0) is 9.59 Å².